The zero-order valence-corrected chi connectivity index (χ0v) is 22.1. The number of thioether (sulfide) groups is 1. The molecule has 2 aromatic carbocycles. The Bertz CT molecular complexity index is 1540. The zero-order valence-electron chi connectivity index (χ0n) is 19.7. The number of carbonyl (C=O) groups excluding carboxylic acids is 3. The lowest BCUT2D eigenvalue weighted by Gasteiger charge is -2.31. The molecule has 3 aromatic rings. The second kappa shape index (κ2) is 10.3. The number of rotatable bonds is 7. The first-order chi connectivity index (χ1) is 18.1. The maximum atomic E-state index is 13.4. The number of ether oxygens (including phenoxy) is 1. The van der Waals surface area contributed by atoms with Gasteiger partial charge in [-0.3, -0.25) is 28.9 Å². The predicted molar refractivity (Wildman–Crippen MR) is 141 cm³/mol. The van der Waals surface area contributed by atoms with Gasteiger partial charge in [-0.1, -0.05) is 46.8 Å². The number of amides is 3. The molecule has 10 nitrogen and oxygen atoms in total. The Kier molecular flexibility index (Phi) is 7.03. The number of likely N-dealkylation sites (tertiary alicyclic amines) is 1. The Hall–Kier alpha value is -3.61. The number of aryl methyl sites for hydroxylation is 1. The summed E-state index contributed by atoms with van der Waals surface area (Å²) >= 11 is 8.24. The number of fused-ring (bicyclic) bond motifs is 2. The third kappa shape index (κ3) is 4.94. The third-order valence-corrected chi connectivity index (χ3v) is 8.81. The SMILES string of the molecule is Cc1cccc(NC(=O)COc2ccc(Cl)cc2[C@@H]2c3sc(=O)[nH]c3SC3C(=O)N(CC(=O)O)C(=O)C32)c1. The van der Waals surface area contributed by atoms with Crippen LogP contribution in [0.1, 0.15) is 21.9 Å². The first-order valence-corrected chi connectivity index (χ1v) is 13.4. The predicted octanol–water partition coefficient (Wildman–Crippen LogP) is 3.09. The first-order valence-electron chi connectivity index (χ1n) is 11.4. The van der Waals surface area contributed by atoms with Crippen molar-refractivity contribution in [3.05, 3.63) is 73.2 Å². The lowest BCUT2D eigenvalue weighted by molar-refractivity contribution is -0.149. The number of carbonyl (C=O) groups is 4. The van der Waals surface area contributed by atoms with Gasteiger partial charge < -0.3 is 20.1 Å². The largest absolute Gasteiger partial charge is 0.483 e. The van der Waals surface area contributed by atoms with Crippen LogP contribution in [0.15, 0.2) is 52.3 Å². The summed E-state index contributed by atoms with van der Waals surface area (Å²) in [7, 11) is 0. The van der Waals surface area contributed by atoms with Gasteiger partial charge in [0.1, 0.15) is 17.5 Å². The standard InChI is InChI=1S/C25H20ClN3O7S2/c1-11-3-2-4-13(7-11)27-16(30)10-36-15-6-5-12(26)8-14(15)18-19-21(37-22-20(18)38-25(35)28-22)24(34)29(23(19)33)9-17(31)32/h2-8,18-19,21H,9-10H2,1H3,(H,27,30)(H,28,35)(H,31,32)/t18-,19?,21?/m0/s1. The van der Waals surface area contributed by atoms with Gasteiger partial charge in [0.15, 0.2) is 6.61 Å². The van der Waals surface area contributed by atoms with Gasteiger partial charge >= 0.3 is 10.8 Å². The summed E-state index contributed by atoms with van der Waals surface area (Å²) in [6, 6.07) is 12.0. The Morgan fingerprint density at radius 3 is 2.68 bits per heavy atom. The highest BCUT2D eigenvalue weighted by molar-refractivity contribution is 8.00. The fraction of sp³-hybridized carbons (Fsp3) is 0.240. The smallest absolute Gasteiger partial charge is 0.323 e. The van der Waals surface area contributed by atoms with Crippen LogP contribution in [0.25, 0.3) is 0 Å². The van der Waals surface area contributed by atoms with E-state index in [1.54, 1.807) is 24.3 Å². The van der Waals surface area contributed by atoms with Crippen molar-refractivity contribution in [2.75, 3.05) is 18.5 Å². The van der Waals surface area contributed by atoms with Gasteiger partial charge in [0, 0.05) is 27.1 Å². The Balaban J connectivity index is 1.49. The van der Waals surface area contributed by atoms with Crippen LogP contribution in [0.5, 0.6) is 5.75 Å². The molecule has 13 heteroatoms. The molecule has 1 fully saturated rings. The third-order valence-electron chi connectivity index (χ3n) is 6.18. The molecule has 2 aliphatic heterocycles. The molecule has 3 heterocycles. The summed E-state index contributed by atoms with van der Waals surface area (Å²) in [5.74, 6) is -4.61. The Labute approximate surface area is 228 Å². The number of hydrogen-bond donors (Lipinski definition) is 3. The van der Waals surface area contributed by atoms with E-state index in [0.29, 0.717) is 26.2 Å². The molecule has 38 heavy (non-hydrogen) atoms. The van der Waals surface area contributed by atoms with E-state index in [2.05, 4.69) is 10.3 Å². The van der Waals surface area contributed by atoms with Crippen LogP contribution in [-0.2, 0) is 19.2 Å². The van der Waals surface area contributed by atoms with Crippen LogP contribution < -0.4 is 14.9 Å². The summed E-state index contributed by atoms with van der Waals surface area (Å²) in [4.78, 5) is 66.2. The van der Waals surface area contributed by atoms with Crippen LogP contribution in [-0.4, -0.2) is 57.1 Å². The summed E-state index contributed by atoms with van der Waals surface area (Å²) in [6.45, 7) is 0.782. The van der Waals surface area contributed by atoms with Gasteiger partial charge in [-0.25, -0.2) is 0 Å². The number of aromatic nitrogens is 1. The molecular weight excluding hydrogens is 554 g/mol. The summed E-state index contributed by atoms with van der Waals surface area (Å²) in [5, 5.41) is 11.8. The molecule has 1 aromatic heterocycles. The number of aliphatic carboxylic acids is 1. The van der Waals surface area contributed by atoms with Crippen molar-refractivity contribution in [2.24, 2.45) is 5.92 Å². The maximum Gasteiger partial charge on any atom is 0.323 e. The van der Waals surface area contributed by atoms with Crippen molar-refractivity contribution in [2.45, 2.75) is 23.1 Å². The lowest BCUT2D eigenvalue weighted by Crippen LogP contribution is -2.36. The van der Waals surface area contributed by atoms with Crippen molar-refractivity contribution >= 4 is 64.1 Å². The van der Waals surface area contributed by atoms with Crippen LogP contribution in [0.3, 0.4) is 0 Å². The Morgan fingerprint density at radius 2 is 1.95 bits per heavy atom. The van der Waals surface area contributed by atoms with E-state index in [1.165, 1.54) is 0 Å². The number of hydrogen-bond acceptors (Lipinski definition) is 8. The van der Waals surface area contributed by atoms with Crippen LogP contribution in [0, 0.1) is 12.8 Å². The summed E-state index contributed by atoms with van der Waals surface area (Å²) < 4.78 is 5.87. The number of benzene rings is 2. The van der Waals surface area contributed by atoms with Crippen molar-refractivity contribution < 1.29 is 29.0 Å². The van der Waals surface area contributed by atoms with Gasteiger partial charge in [0.05, 0.1) is 10.9 Å². The number of nitrogens with one attached hydrogen (secondary N) is 2. The molecule has 0 radical (unpaired) electrons. The van der Waals surface area contributed by atoms with Gasteiger partial charge in [0.25, 0.3) is 5.91 Å². The van der Waals surface area contributed by atoms with Gasteiger partial charge in [0.2, 0.25) is 11.8 Å². The fourth-order valence-electron chi connectivity index (χ4n) is 4.66. The van der Waals surface area contributed by atoms with Crippen molar-refractivity contribution in [1.29, 1.82) is 0 Å². The molecule has 3 amide bonds. The molecule has 3 N–H and O–H groups in total. The second-order valence-electron chi connectivity index (χ2n) is 8.79. The van der Waals surface area contributed by atoms with E-state index < -0.39 is 47.3 Å². The number of imide groups is 1. The average Bonchev–Trinajstić information content (AvgIpc) is 3.33. The molecule has 0 aliphatic carbocycles. The molecule has 5 rings (SSSR count). The quantitative estimate of drug-likeness (QED) is 0.366. The van der Waals surface area contributed by atoms with E-state index in [4.69, 9.17) is 16.3 Å². The van der Waals surface area contributed by atoms with Gasteiger partial charge in [-0.2, -0.15) is 0 Å². The molecule has 0 saturated carbocycles. The lowest BCUT2D eigenvalue weighted by atomic mass is 9.82. The number of H-pyrrole nitrogens is 1. The monoisotopic (exact) mass is 573 g/mol. The van der Waals surface area contributed by atoms with Gasteiger partial charge in [-0.15, -0.1) is 0 Å². The number of thiazole rings is 1. The van der Waals surface area contributed by atoms with Gasteiger partial charge in [-0.05, 0) is 42.8 Å². The molecule has 0 spiro atoms. The van der Waals surface area contributed by atoms with E-state index in [9.17, 15) is 29.1 Å². The minimum Gasteiger partial charge on any atom is -0.483 e. The van der Waals surface area contributed by atoms with E-state index in [0.717, 1.165) is 33.6 Å². The Morgan fingerprint density at radius 1 is 1.16 bits per heavy atom. The van der Waals surface area contributed by atoms with Crippen LogP contribution in [0.4, 0.5) is 5.69 Å². The topological polar surface area (TPSA) is 146 Å². The average molecular weight is 574 g/mol. The van der Waals surface area contributed by atoms with Crippen molar-refractivity contribution in [1.82, 2.24) is 9.88 Å². The minimum absolute atomic E-state index is 0.244. The number of anilines is 1. The van der Waals surface area contributed by atoms with E-state index >= 15 is 0 Å². The summed E-state index contributed by atoms with van der Waals surface area (Å²) in [5.41, 5.74) is 1.99. The molecule has 2 aliphatic rings. The summed E-state index contributed by atoms with van der Waals surface area (Å²) in [6.07, 6.45) is 0. The normalized spacial score (nSPS) is 20.2. The number of carboxylic acid groups (broad SMARTS) is 1. The minimum atomic E-state index is -1.32. The van der Waals surface area contributed by atoms with Crippen molar-refractivity contribution in [3.8, 4) is 5.75 Å². The number of halogens is 1. The van der Waals surface area contributed by atoms with Crippen molar-refractivity contribution in [3.63, 3.8) is 0 Å². The zero-order chi connectivity index (χ0) is 27.1. The molecule has 1 saturated heterocycles. The highest BCUT2D eigenvalue weighted by Gasteiger charge is 2.56. The molecule has 3 atom stereocenters. The molecular formula is C25H20ClN3O7S2. The molecule has 0 bridgehead atoms. The second-order valence-corrected chi connectivity index (χ2v) is 11.4. The number of nitrogens with zero attached hydrogens (tertiary/aromatic N) is 1. The number of carboxylic acids is 1. The van der Waals surface area contributed by atoms with E-state index in [1.807, 2.05) is 25.1 Å². The van der Waals surface area contributed by atoms with Crippen LogP contribution >= 0.6 is 34.7 Å². The highest BCUT2D eigenvalue weighted by atomic mass is 35.5. The van der Waals surface area contributed by atoms with E-state index in [-0.39, 0.29) is 17.2 Å². The number of aromatic amines is 1. The maximum absolute atomic E-state index is 13.4. The molecule has 2 unspecified atom stereocenters. The first kappa shape index (κ1) is 26.0. The fourth-order valence-corrected chi connectivity index (χ4v) is 7.37. The molecule has 196 valence electrons. The highest BCUT2D eigenvalue weighted by Crippen LogP contribution is 2.54. The van der Waals surface area contributed by atoms with Crippen LogP contribution in [0.2, 0.25) is 5.02 Å².